The van der Waals surface area contributed by atoms with E-state index in [4.69, 9.17) is 0 Å². The Kier molecular flexibility index (Phi) is 3.97. The van der Waals surface area contributed by atoms with Gasteiger partial charge >= 0.3 is 0 Å². The van der Waals surface area contributed by atoms with Gasteiger partial charge in [-0.2, -0.15) is 4.31 Å². The summed E-state index contributed by atoms with van der Waals surface area (Å²) in [7, 11) is -3.37. The lowest BCUT2D eigenvalue weighted by Gasteiger charge is -2.27. The maximum absolute atomic E-state index is 12.9. The first kappa shape index (κ1) is 14.9. The predicted octanol–water partition coefficient (Wildman–Crippen LogP) is 2.85. The first-order valence-electron chi connectivity index (χ1n) is 7.89. The summed E-state index contributed by atoms with van der Waals surface area (Å²) in [6.07, 6.45) is 4.08. The van der Waals surface area contributed by atoms with Crippen molar-refractivity contribution in [2.24, 2.45) is 5.92 Å². The van der Waals surface area contributed by atoms with Gasteiger partial charge in [-0.15, -0.1) is 0 Å². The average Bonchev–Trinajstić information content (AvgIpc) is 2.97. The van der Waals surface area contributed by atoms with Crippen molar-refractivity contribution in [2.75, 3.05) is 18.4 Å². The molecule has 3 rings (SSSR count). The van der Waals surface area contributed by atoms with Crippen LogP contribution in [0.15, 0.2) is 23.1 Å². The number of hydrogen-bond donors (Lipinski definition) is 1. The molecule has 2 aliphatic heterocycles. The second kappa shape index (κ2) is 5.61. The third-order valence-electron chi connectivity index (χ3n) is 4.64. The Morgan fingerprint density at radius 3 is 2.86 bits per heavy atom. The first-order valence-corrected chi connectivity index (χ1v) is 9.33. The van der Waals surface area contributed by atoms with Gasteiger partial charge in [0.05, 0.1) is 4.90 Å². The van der Waals surface area contributed by atoms with E-state index in [2.05, 4.69) is 19.2 Å². The molecule has 1 N–H and O–H groups in total. The zero-order valence-corrected chi connectivity index (χ0v) is 13.6. The Morgan fingerprint density at radius 1 is 1.29 bits per heavy atom. The summed E-state index contributed by atoms with van der Waals surface area (Å²) in [4.78, 5) is 0.434. The van der Waals surface area contributed by atoms with Crippen molar-refractivity contribution >= 4 is 15.7 Å². The largest absolute Gasteiger partial charge is 0.385 e. The fourth-order valence-corrected chi connectivity index (χ4v) is 5.32. The van der Waals surface area contributed by atoms with Crippen molar-refractivity contribution in [1.82, 2.24) is 4.31 Å². The van der Waals surface area contributed by atoms with Gasteiger partial charge < -0.3 is 5.32 Å². The van der Waals surface area contributed by atoms with E-state index < -0.39 is 10.0 Å². The number of nitrogens with one attached hydrogen (secondary N) is 1. The van der Waals surface area contributed by atoms with E-state index in [-0.39, 0.29) is 6.04 Å². The van der Waals surface area contributed by atoms with E-state index in [0.717, 1.165) is 37.9 Å². The molecule has 1 fully saturated rings. The number of sulfonamides is 1. The first-order chi connectivity index (χ1) is 10.00. The van der Waals surface area contributed by atoms with Crippen molar-refractivity contribution in [2.45, 2.75) is 50.5 Å². The van der Waals surface area contributed by atoms with E-state index in [1.807, 2.05) is 12.1 Å². The van der Waals surface area contributed by atoms with Gasteiger partial charge in [0.1, 0.15) is 0 Å². The van der Waals surface area contributed by atoms with E-state index in [9.17, 15) is 8.42 Å². The molecule has 2 aliphatic rings. The minimum Gasteiger partial charge on any atom is -0.385 e. The Morgan fingerprint density at radius 2 is 2.10 bits per heavy atom. The van der Waals surface area contributed by atoms with Gasteiger partial charge in [-0.1, -0.05) is 19.9 Å². The molecule has 1 atom stereocenters. The lowest BCUT2D eigenvalue weighted by atomic mass is 10.0. The number of nitrogens with zero attached hydrogens (tertiary/aromatic N) is 1. The number of aryl methyl sites for hydroxylation is 1. The quantitative estimate of drug-likeness (QED) is 0.934. The Hall–Kier alpha value is -1.07. The normalized spacial score (nSPS) is 23.1. The second-order valence-corrected chi connectivity index (χ2v) is 8.31. The molecule has 0 aliphatic carbocycles. The molecule has 1 unspecified atom stereocenters. The third kappa shape index (κ3) is 2.69. The minimum absolute atomic E-state index is 0.138. The molecule has 2 heterocycles. The number of hydrogen-bond acceptors (Lipinski definition) is 3. The van der Waals surface area contributed by atoms with E-state index >= 15 is 0 Å². The van der Waals surface area contributed by atoms with Crippen molar-refractivity contribution in [3.05, 3.63) is 23.8 Å². The molecule has 1 saturated heterocycles. The van der Waals surface area contributed by atoms with Gasteiger partial charge in [-0.3, -0.25) is 0 Å². The van der Waals surface area contributed by atoms with Crippen molar-refractivity contribution in [3.63, 3.8) is 0 Å². The molecule has 0 radical (unpaired) electrons. The molecular formula is C16H24N2O2S. The van der Waals surface area contributed by atoms with Crippen LogP contribution in [-0.4, -0.2) is 31.9 Å². The summed E-state index contributed by atoms with van der Waals surface area (Å²) >= 11 is 0. The SMILES string of the molecule is CC(C)C1CCCN1S(=O)(=O)c1ccc2c(c1)NCCC2. The molecule has 0 amide bonds. The molecule has 5 heteroatoms. The van der Waals surface area contributed by atoms with Gasteiger partial charge in [0.15, 0.2) is 0 Å². The molecule has 1 aromatic carbocycles. The second-order valence-electron chi connectivity index (χ2n) is 6.42. The van der Waals surface area contributed by atoms with Gasteiger partial charge in [-0.25, -0.2) is 8.42 Å². The van der Waals surface area contributed by atoms with Crippen molar-refractivity contribution in [1.29, 1.82) is 0 Å². The van der Waals surface area contributed by atoms with Crippen LogP contribution in [-0.2, 0) is 16.4 Å². The topological polar surface area (TPSA) is 49.4 Å². The fraction of sp³-hybridized carbons (Fsp3) is 0.625. The molecule has 116 valence electrons. The lowest BCUT2D eigenvalue weighted by molar-refractivity contribution is 0.316. The zero-order chi connectivity index (χ0) is 15.0. The molecule has 21 heavy (non-hydrogen) atoms. The summed E-state index contributed by atoms with van der Waals surface area (Å²) in [5.41, 5.74) is 2.21. The predicted molar refractivity (Wildman–Crippen MR) is 85.0 cm³/mol. The maximum atomic E-state index is 12.9. The molecular weight excluding hydrogens is 284 g/mol. The Bertz CT molecular complexity index is 625. The number of fused-ring (bicyclic) bond motifs is 1. The lowest BCUT2D eigenvalue weighted by Crippen LogP contribution is -2.38. The summed E-state index contributed by atoms with van der Waals surface area (Å²) < 4.78 is 27.6. The fourth-order valence-electron chi connectivity index (χ4n) is 3.47. The van der Waals surface area contributed by atoms with Gasteiger partial charge in [0.25, 0.3) is 0 Å². The summed E-state index contributed by atoms with van der Waals surface area (Å²) in [5.74, 6) is 0.359. The van der Waals surface area contributed by atoms with Crippen LogP contribution in [0.3, 0.4) is 0 Å². The number of anilines is 1. The van der Waals surface area contributed by atoms with Crippen LogP contribution < -0.4 is 5.32 Å². The molecule has 1 aromatic rings. The zero-order valence-electron chi connectivity index (χ0n) is 12.8. The molecule has 0 spiro atoms. The van der Waals surface area contributed by atoms with Crippen LogP contribution in [0, 0.1) is 5.92 Å². The highest BCUT2D eigenvalue weighted by Crippen LogP contribution is 2.32. The summed E-state index contributed by atoms with van der Waals surface area (Å²) in [6, 6.07) is 5.70. The average molecular weight is 308 g/mol. The Labute approximate surface area is 127 Å². The molecule has 0 aromatic heterocycles. The van der Waals surface area contributed by atoms with E-state index in [1.165, 1.54) is 5.56 Å². The number of benzene rings is 1. The molecule has 0 saturated carbocycles. The van der Waals surface area contributed by atoms with E-state index in [0.29, 0.717) is 17.4 Å². The highest BCUT2D eigenvalue weighted by molar-refractivity contribution is 7.89. The summed E-state index contributed by atoms with van der Waals surface area (Å²) in [5, 5.41) is 3.32. The molecule has 0 bridgehead atoms. The third-order valence-corrected chi connectivity index (χ3v) is 6.56. The van der Waals surface area contributed by atoms with Crippen LogP contribution in [0.2, 0.25) is 0 Å². The monoisotopic (exact) mass is 308 g/mol. The van der Waals surface area contributed by atoms with Crippen LogP contribution >= 0.6 is 0 Å². The van der Waals surface area contributed by atoms with Gasteiger partial charge in [0, 0.05) is 24.8 Å². The minimum atomic E-state index is -3.37. The highest BCUT2D eigenvalue weighted by Gasteiger charge is 2.36. The van der Waals surface area contributed by atoms with Crippen LogP contribution in [0.5, 0.6) is 0 Å². The van der Waals surface area contributed by atoms with Crippen molar-refractivity contribution in [3.8, 4) is 0 Å². The smallest absolute Gasteiger partial charge is 0.243 e. The van der Waals surface area contributed by atoms with Gasteiger partial charge in [0.2, 0.25) is 10.0 Å². The highest BCUT2D eigenvalue weighted by atomic mass is 32.2. The molecule has 4 nitrogen and oxygen atoms in total. The van der Waals surface area contributed by atoms with Crippen LogP contribution in [0.1, 0.15) is 38.7 Å². The van der Waals surface area contributed by atoms with Crippen LogP contribution in [0.4, 0.5) is 5.69 Å². The summed E-state index contributed by atoms with van der Waals surface area (Å²) in [6.45, 7) is 5.78. The maximum Gasteiger partial charge on any atom is 0.243 e. The van der Waals surface area contributed by atoms with E-state index in [1.54, 1.807) is 10.4 Å². The van der Waals surface area contributed by atoms with Crippen molar-refractivity contribution < 1.29 is 8.42 Å². The number of rotatable bonds is 3. The van der Waals surface area contributed by atoms with Gasteiger partial charge in [-0.05, 0) is 49.3 Å². The Balaban J connectivity index is 1.95. The standard InChI is InChI=1S/C16H24N2O2S/c1-12(2)16-6-4-10-18(16)21(19,20)14-8-7-13-5-3-9-17-15(13)11-14/h7-8,11-12,16-17H,3-6,9-10H2,1-2H3. The van der Waals surface area contributed by atoms with Crippen LogP contribution in [0.25, 0.3) is 0 Å².